The molecule has 1 aromatic heterocycles. The summed E-state index contributed by atoms with van der Waals surface area (Å²) in [6.07, 6.45) is 2.52. The molecule has 2 heterocycles. The summed E-state index contributed by atoms with van der Waals surface area (Å²) in [5.74, 6) is -0.0217. The molecule has 0 saturated carbocycles. The Morgan fingerprint density at radius 1 is 1.03 bits per heavy atom. The summed E-state index contributed by atoms with van der Waals surface area (Å²) >= 11 is 6.08. The predicted molar refractivity (Wildman–Crippen MR) is 119 cm³/mol. The first kappa shape index (κ1) is 19.7. The highest BCUT2D eigenvalue weighted by molar-refractivity contribution is 6.30. The Morgan fingerprint density at radius 3 is 2.41 bits per heavy atom. The molecule has 5 heteroatoms. The van der Waals surface area contributed by atoms with Crippen molar-refractivity contribution >= 4 is 17.5 Å². The molecular formula is C24H26ClN3O. The van der Waals surface area contributed by atoms with Gasteiger partial charge in [-0.05, 0) is 68.8 Å². The SMILES string of the molecule is Cc1c(C(=O)NCCN2CCCC2)cc(-c2ccc(Cl)cc2)n1-c1ccccc1. The molecule has 4 rings (SSSR count). The van der Waals surface area contributed by atoms with Crippen LogP contribution >= 0.6 is 11.6 Å². The van der Waals surface area contributed by atoms with Gasteiger partial charge < -0.3 is 14.8 Å². The number of carbonyl (C=O) groups is 1. The summed E-state index contributed by atoms with van der Waals surface area (Å²) in [5.41, 5.74) is 4.68. The highest BCUT2D eigenvalue weighted by atomic mass is 35.5. The molecule has 1 aliphatic rings. The van der Waals surface area contributed by atoms with Gasteiger partial charge in [0.2, 0.25) is 0 Å². The molecule has 1 fully saturated rings. The molecule has 0 bridgehead atoms. The van der Waals surface area contributed by atoms with E-state index in [1.165, 1.54) is 12.8 Å². The van der Waals surface area contributed by atoms with Crippen LogP contribution in [0, 0.1) is 6.92 Å². The van der Waals surface area contributed by atoms with Crippen molar-refractivity contribution < 1.29 is 4.79 Å². The van der Waals surface area contributed by atoms with Crippen molar-refractivity contribution in [1.82, 2.24) is 14.8 Å². The number of carbonyl (C=O) groups excluding carboxylic acids is 1. The minimum atomic E-state index is -0.0217. The molecule has 1 amide bonds. The zero-order chi connectivity index (χ0) is 20.2. The van der Waals surface area contributed by atoms with Crippen molar-refractivity contribution in [2.24, 2.45) is 0 Å². The second-order valence-corrected chi connectivity index (χ2v) is 7.95. The van der Waals surface area contributed by atoms with Crippen molar-refractivity contribution in [3.63, 3.8) is 0 Å². The van der Waals surface area contributed by atoms with Crippen LogP contribution in [0.3, 0.4) is 0 Å². The first-order valence-electron chi connectivity index (χ1n) is 10.2. The lowest BCUT2D eigenvalue weighted by atomic mass is 10.1. The molecule has 150 valence electrons. The van der Waals surface area contributed by atoms with E-state index in [0.717, 1.165) is 42.3 Å². The maximum atomic E-state index is 13.0. The first-order chi connectivity index (χ1) is 14.1. The number of para-hydroxylation sites is 1. The molecule has 0 aliphatic carbocycles. The van der Waals surface area contributed by atoms with Crippen LogP contribution in [-0.4, -0.2) is 41.6 Å². The van der Waals surface area contributed by atoms with Gasteiger partial charge in [-0.2, -0.15) is 0 Å². The fourth-order valence-electron chi connectivity index (χ4n) is 4.01. The maximum absolute atomic E-state index is 13.0. The second kappa shape index (κ2) is 8.85. The summed E-state index contributed by atoms with van der Waals surface area (Å²) in [4.78, 5) is 15.4. The number of likely N-dealkylation sites (tertiary alicyclic amines) is 1. The molecule has 0 unspecified atom stereocenters. The van der Waals surface area contributed by atoms with Crippen molar-refractivity contribution in [2.75, 3.05) is 26.2 Å². The van der Waals surface area contributed by atoms with Gasteiger partial charge in [0.05, 0.1) is 11.3 Å². The summed E-state index contributed by atoms with van der Waals surface area (Å²) in [5, 5.41) is 3.80. The van der Waals surface area contributed by atoms with E-state index in [2.05, 4.69) is 26.9 Å². The first-order valence-corrected chi connectivity index (χ1v) is 10.6. The monoisotopic (exact) mass is 407 g/mol. The fourth-order valence-corrected chi connectivity index (χ4v) is 4.13. The number of halogens is 1. The van der Waals surface area contributed by atoms with E-state index in [4.69, 9.17) is 11.6 Å². The quantitative estimate of drug-likeness (QED) is 0.628. The number of nitrogens with one attached hydrogen (secondary N) is 1. The Morgan fingerprint density at radius 2 is 1.72 bits per heavy atom. The van der Waals surface area contributed by atoms with Gasteiger partial charge >= 0.3 is 0 Å². The zero-order valence-corrected chi connectivity index (χ0v) is 17.5. The third-order valence-electron chi connectivity index (χ3n) is 5.56. The van der Waals surface area contributed by atoms with Crippen LogP contribution in [-0.2, 0) is 0 Å². The molecule has 4 nitrogen and oxygen atoms in total. The van der Waals surface area contributed by atoms with Crippen molar-refractivity contribution in [1.29, 1.82) is 0 Å². The minimum absolute atomic E-state index is 0.0217. The number of hydrogen-bond donors (Lipinski definition) is 1. The van der Waals surface area contributed by atoms with Crippen LogP contribution in [0.1, 0.15) is 28.9 Å². The van der Waals surface area contributed by atoms with Gasteiger partial charge in [-0.15, -0.1) is 0 Å². The Hall–Kier alpha value is -2.56. The zero-order valence-electron chi connectivity index (χ0n) is 16.7. The maximum Gasteiger partial charge on any atom is 0.253 e. The number of nitrogens with zero attached hydrogens (tertiary/aromatic N) is 2. The smallest absolute Gasteiger partial charge is 0.253 e. The van der Waals surface area contributed by atoms with Gasteiger partial charge in [0.25, 0.3) is 5.91 Å². The Balaban J connectivity index is 1.64. The highest BCUT2D eigenvalue weighted by Crippen LogP contribution is 2.30. The summed E-state index contributed by atoms with van der Waals surface area (Å²) < 4.78 is 2.14. The van der Waals surface area contributed by atoms with Crippen LogP contribution in [0.4, 0.5) is 0 Å². The van der Waals surface area contributed by atoms with Crippen LogP contribution in [0.15, 0.2) is 60.7 Å². The van der Waals surface area contributed by atoms with E-state index in [1.807, 2.05) is 55.5 Å². The Bertz CT molecular complexity index is 973. The fraction of sp³-hybridized carbons (Fsp3) is 0.292. The lowest BCUT2D eigenvalue weighted by molar-refractivity contribution is 0.0949. The lowest BCUT2D eigenvalue weighted by Crippen LogP contribution is -2.33. The summed E-state index contributed by atoms with van der Waals surface area (Å²) in [6.45, 7) is 5.86. The third kappa shape index (κ3) is 4.39. The van der Waals surface area contributed by atoms with Crippen molar-refractivity contribution in [3.05, 3.63) is 76.9 Å². The lowest BCUT2D eigenvalue weighted by Gasteiger charge is -2.15. The second-order valence-electron chi connectivity index (χ2n) is 7.51. The van der Waals surface area contributed by atoms with Crippen LogP contribution in [0.5, 0.6) is 0 Å². The van der Waals surface area contributed by atoms with E-state index in [9.17, 15) is 4.79 Å². The molecule has 29 heavy (non-hydrogen) atoms. The molecule has 1 saturated heterocycles. The average Bonchev–Trinajstić information content (AvgIpc) is 3.37. The number of aromatic nitrogens is 1. The van der Waals surface area contributed by atoms with E-state index in [1.54, 1.807) is 0 Å². The van der Waals surface area contributed by atoms with E-state index >= 15 is 0 Å². The standard InChI is InChI=1S/C24H26ClN3O/c1-18-22(24(29)26-13-16-27-14-5-6-15-27)17-23(19-9-11-20(25)12-10-19)28(18)21-7-3-2-4-8-21/h2-4,7-12,17H,5-6,13-16H2,1H3,(H,26,29). The van der Waals surface area contributed by atoms with E-state index < -0.39 is 0 Å². The number of amides is 1. The molecule has 3 aromatic rings. The van der Waals surface area contributed by atoms with Crippen molar-refractivity contribution in [3.8, 4) is 16.9 Å². The normalized spacial score (nSPS) is 14.3. The van der Waals surface area contributed by atoms with Gasteiger partial charge in [0, 0.05) is 29.5 Å². The van der Waals surface area contributed by atoms with Gasteiger partial charge in [-0.25, -0.2) is 0 Å². The largest absolute Gasteiger partial charge is 0.351 e. The molecule has 0 radical (unpaired) electrons. The molecule has 2 aromatic carbocycles. The van der Waals surface area contributed by atoms with E-state index in [-0.39, 0.29) is 5.91 Å². The molecule has 0 spiro atoms. The van der Waals surface area contributed by atoms with Gasteiger partial charge in [0.15, 0.2) is 0 Å². The Kier molecular flexibility index (Phi) is 6.02. The predicted octanol–water partition coefficient (Wildman–Crippen LogP) is 4.93. The molecule has 0 atom stereocenters. The summed E-state index contributed by atoms with van der Waals surface area (Å²) in [7, 11) is 0. The topological polar surface area (TPSA) is 37.3 Å². The Labute approximate surface area is 177 Å². The third-order valence-corrected chi connectivity index (χ3v) is 5.81. The summed E-state index contributed by atoms with van der Waals surface area (Å²) in [6, 6.07) is 19.9. The van der Waals surface area contributed by atoms with Crippen LogP contribution < -0.4 is 5.32 Å². The van der Waals surface area contributed by atoms with Crippen molar-refractivity contribution in [2.45, 2.75) is 19.8 Å². The number of benzene rings is 2. The molecule has 1 aliphatic heterocycles. The van der Waals surface area contributed by atoms with Gasteiger partial charge in [-0.3, -0.25) is 4.79 Å². The number of hydrogen-bond acceptors (Lipinski definition) is 2. The van der Waals surface area contributed by atoms with Gasteiger partial charge in [0.1, 0.15) is 0 Å². The van der Waals surface area contributed by atoms with Crippen LogP contribution in [0.2, 0.25) is 5.02 Å². The van der Waals surface area contributed by atoms with E-state index in [0.29, 0.717) is 17.1 Å². The van der Waals surface area contributed by atoms with Gasteiger partial charge in [-0.1, -0.05) is 41.9 Å². The van der Waals surface area contributed by atoms with Crippen LogP contribution in [0.25, 0.3) is 16.9 Å². The molecule has 1 N–H and O–H groups in total. The average molecular weight is 408 g/mol. The number of rotatable bonds is 6. The highest BCUT2D eigenvalue weighted by Gasteiger charge is 2.20. The minimum Gasteiger partial charge on any atom is -0.351 e. The molecular weight excluding hydrogens is 382 g/mol.